The Bertz CT molecular complexity index is 723. The summed E-state index contributed by atoms with van der Waals surface area (Å²) in [6.07, 6.45) is 4.80. The van der Waals surface area contributed by atoms with Crippen molar-refractivity contribution in [1.29, 1.82) is 0 Å². The molecule has 1 unspecified atom stereocenters. The van der Waals surface area contributed by atoms with Crippen molar-refractivity contribution in [3.63, 3.8) is 0 Å². The summed E-state index contributed by atoms with van der Waals surface area (Å²) < 4.78 is 10.3. The monoisotopic (exact) mass is 313 g/mol. The maximum atomic E-state index is 11.6. The van der Waals surface area contributed by atoms with E-state index in [9.17, 15) is 4.79 Å². The van der Waals surface area contributed by atoms with E-state index in [1.54, 1.807) is 18.2 Å². The fraction of sp³-hybridized carbons (Fsp3) is 0.471. The third-order valence-electron chi connectivity index (χ3n) is 4.58. The van der Waals surface area contributed by atoms with Crippen molar-refractivity contribution >= 4 is 5.97 Å². The summed E-state index contributed by atoms with van der Waals surface area (Å²) in [7, 11) is 1.37. The number of aromatic nitrogens is 2. The van der Waals surface area contributed by atoms with Gasteiger partial charge in [-0.1, -0.05) is 17.3 Å². The van der Waals surface area contributed by atoms with Crippen LogP contribution in [0.3, 0.4) is 0 Å². The topological polar surface area (TPSA) is 68.5 Å². The van der Waals surface area contributed by atoms with Crippen molar-refractivity contribution < 1.29 is 14.1 Å². The molecule has 1 saturated carbocycles. The summed E-state index contributed by atoms with van der Waals surface area (Å²) in [5, 5.41) is 4.11. The molecule has 1 aromatic heterocycles. The van der Waals surface area contributed by atoms with Crippen LogP contribution in [0.4, 0.5) is 0 Å². The van der Waals surface area contributed by atoms with Crippen LogP contribution in [0.15, 0.2) is 28.8 Å². The number of nitrogens with zero attached hydrogens (tertiary/aromatic N) is 3. The SMILES string of the molecule is COC(=O)c1cccc(-c2noc(C3CCCN3C3CC3)n2)c1. The molecule has 0 amide bonds. The maximum Gasteiger partial charge on any atom is 0.337 e. The molecule has 1 aromatic carbocycles. The van der Waals surface area contributed by atoms with Crippen molar-refractivity contribution in [2.24, 2.45) is 0 Å². The molecule has 1 saturated heterocycles. The molecule has 23 heavy (non-hydrogen) atoms. The van der Waals surface area contributed by atoms with Crippen molar-refractivity contribution in [3.8, 4) is 11.4 Å². The Kier molecular flexibility index (Phi) is 3.61. The first-order chi connectivity index (χ1) is 11.3. The number of likely N-dealkylation sites (tertiary alicyclic amines) is 1. The van der Waals surface area contributed by atoms with Gasteiger partial charge in [-0.3, -0.25) is 4.90 Å². The Labute approximate surface area is 134 Å². The molecule has 1 aliphatic heterocycles. The Morgan fingerprint density at radius 2 is 2.22 bits per heavy atom. The molecule has 120 valence electrons. The molecule has 6 nitrogen and oxygen atoms in total. The van der Waals surface area contributed by atoms with Gasteiger partial charge in [0, 0.05) is 11.6 Å². The molecule has 2 heterocycles. The van der Waals surface area contributed by atoms with Crippen molar-refractivity contribution in [2.75, 3.05) is 13.7 Å². The van der Waals surface area contributed by atoms with Gasteiger partial charge < -0.3 is 9.26 Å². The number of methoxy groups -OCH3 is 1. The predicted octanol–water partition coefficient (Wildman–Crippen LogP) is 2.82. The van der Waals surface area contributed by atoms with E-state index < -0.39 is 0 Å². The number of carbonyl (C=O) groups excluding carboxylic acids is 1. The van der Waals surface area contributed by atoms with Gasteiger partial charge in [-0.2, -0.15) is 4.98 Å². The molecule has 0 N–H and O–H groups in total. The van der Waals surface area contributed by atoms with E-state index in [0.29, 0.717) is 23.3 Å². The van der Waals surface area contributed by atoms with E-state index in [2.05, 4.69) is 15.0 Å². The standard InChI is InChI=1S/C17H19N3O3/c1-22-17(21)12-5-2-4-11(10-12)15-18-16(23-19-15)14-6-3-9-20(14)13-7-8-13/h2,4-5,10,13-14H,3,6-9H2,1H3. The van der Waals surface area contributed by atoms with Gasteiger partial charge in [-0.05, 0) is 44.4 Å². The third kappa shape index (κ3) is 2.74. The molecule has 0 bridgehead atoms. The number of rotatable bonds is 4. The molecular formula is C17H19N3O3. The fourth-order valence-electron chi connectivity index (χ4n) is 3.29. The first-order valence-corrected chi connectivity index (χ1v) is 8.04. The van der Waals surface area contributed by atoms with Crippen molar-refractivity contribution in [1.82, 2.24) is 15.0 Å². The van der Waals surface area contributed by atoms with Gasteiger partial charge in [-0.15, -0.1) is 0 Å². The Morgan fingerprint density at radius 1 is 1.35 bits per heavy atom. The second-order valence-electron chi connectivity index (χ2n) is 6.16. The lowest BCUT2D eigenvalue weighted by atomic mass is 10.1. The molecular weight excluding hydrogens is 294 g/mol. The minimum Gasteiger partial charge on any atom is -0.465 e. The van der Waals surface area contributed by atoms with Gasteiger partial charge in [-0.25, -0.2) is 4.79 Å². The Hall–Kier alpha value is -2.21. The number of carbonyl (C=O) groups is 1. The van der Waals surface area contributed by atoms with Crippen LogP contribution >= 0.6 is 0 Å². The summed E-state index contributed by atoms with van der Waals surface area (Å²) in [4.78, 5) is 18.7. The van der Waals surface area contributed by atoms with E-state index in [4.69, 9.17) is 9.26 Å². The average molecular weight is 313 g/mol. The highest BCUT2D eigenvalue weighted by Crippen LogP contribution is 2.40. The molecule has 0 radical (unpaired) electrons. The lowest BCUT2D eigenvalue weighted by molar-refractivity contribution is 0.0601. The highest BCUT2D eigenvalue weighted by atomic mass is 16.5. The molecule has 0 spiro atoms. The van der Waals surface area contributed by atoms with Crippen LogP contribution in [0.5, 0.6) is 0 Å². The van der Waals surface area contributed by atoms with E-state index in [1.165, 1.54) is 26.4 Å². The first-order valence-electron chi connectivity index (χ1n) is 8.04. The van der Waals surface area contributed by atoms with E-state index in [-0.39, 0.29) is 12.0 Å². The van der Waals surface area contributed by atoms with Crippen LogP contribution in [0.25, 0.3) is 11.4 Å². The number of hydrogen-bond acceptors (Lipinski definition) is 6. The molecule has 6 heteroatoms. The third-order valence-corrected chi connectivity index (χ3v) is 4.58. The second kappa shape index (κ2) is 5.77. The van der Waals surface area contributed by atoms with E-state index >= 15 is 0 Å². The van der Waals surface area contributed by atoms with E-state index in [0.717, 1.165) is 18.5 Å². The Morgan fingerprint density at radius 3 is 3.00 bits per heavy atom. The van der Waals surface area contributed by atoms with Gasteiger partial charge >= 0.3 is 5.97 Å². The van der Waals surface area contributed by atoms with Gasteiger partial charge in [0.15, 0.2) is 0 Å². The molecule has 1 aliphatic carbocycles. The average Bonchev–Trinajstić information content (AvgIpc) is 3.13. The van der Waals surface area contributed by atoms with Crippen molar-refractivity contribution in [2.45, 2.75) is 37.8 Å². The zero-order valence-corrected chi connectivity index (χ0v) is 13.1. The van der Waals surface area contributed by atoms with Gasteiger partial charge in [0.05, 0.1) is 18.7 Å². The quantitative estimate of drug-likeness (QED) is 0.809. The summed E-state index contributed by atoms with van der Waals surface area (Å²) >= 11 is 0. The van der Waals surface area contributed by atoms with Crippen LogP contribution in [-0.2, 0) is 4.74 Å². The molecule has 1 atom stereocenters. The van der Waals surface area contributed by atoms with E-state index in [1.807, 2.05) is 6.07 Å². The summed E-state index contributed by atoms with van der Waals surface area (Å²) in [5.41, 5.74) is 1.25. The zero-order chi connectivity index (χ0) is 15.8. The second-order valence-corrected chi connectivity index (χ2v) is 6.16. The Balaban J connectivity index is 1.59. The lowest BCUT2D eigenvalue weighted by Gasteiger charge is -2.20. The molecule has 4 rings (SSSR count). The normalized spacial score (nSPS) is 21.5. The fourth-order valence-corrected chi connectivity index (χ4v) is 3.29. The number of esters is 1. The van der Waals surface area contributed by atoms with Gasteiger partial charge in [0.25, 0.3) is 0 Å². The number of benzene rings is 1. The van der Waals surface area contributed by atoms with Gasteiger partial charge in [0.1, 0.15) is 0 Å². The summed E-state index contributed by atoms with van der Waals surface area (Å²) in [6, 6.07) is 8.04. The first kappa shape index (κ1) is 14.4. The zero-order valence-electron chi connectivity index (χ0n) is 13.1. The minimum atomic E-state index is -0.369. The highest BCUT2D eigenvalue weighted by molar-refractivity contribution is 5.90. The van der Waals surface area contributed by atoms with Crippen LogP contribution in [0.1, 0.15) is 48.0 Å². The lowest BCUT2D eigenvalue weighted by Crippen LogP contribution is -2.25. The van der Waals surface area contributed by atoms with Crippen LogP contribution in [0.2, 0.25) is 0 Å². The van der Waals surface area contributed by atoms with Crippen LogP contribution in [-0.4, -0.2) is 40.7 Å². The minimum absolute atomic E-state index is 0.243. The molecule has 2 aliphatic rings. The molecule has 2 fully saturated rings. The smallest absolute Gasteiger partial charge is 0.337 e. The largest absolute Gasteiger partial charge is 0.465 e. The predicted molar refractivity (Wildman–Crippen MR) is 82.8 cm³/mol. The van der Waals surface area contributed by atoms with Crippen molar-refractivity contribution in [3.05, 3.63) is 35.7 Å². The van der Waals surface area contributed by atoms with Crippen LogP contribution < -0.4 is 0 Å². The highest BCUT2D eigenvalue weighted by Gasteiger charge is 2.39. The molecule has 2 aromatic rings. The summed E-state index contributed by atoms with van der Waals surface area (Å²) in [5.74, 6) is 0.840. The summed E-state index contributed by atoms with van der Waals surface area (Å²) in [6.45, 7) is 1.12. The maximum absolute atomic E-state index is 11.6. The number of ether oxygens (including phenoxy) is 1. The van der Waals surface area contributed by atoms with Gasteiger partial charge in [0.2, 0.25) is 11.7 Å². The van der Waals surface area contributed by atoms with Crippen LogP contribution in [0, 0.1) is 0 Å². The number of hydrogen-bond donors (Lipinski definition) is 0.